The third-order valence-electron chi connectivity index (χ3n) is 8.77. The number of carbonyl (C=O) groups is 3. The number of hydroxylamine groups is 1. The van der Waals surface area contributed by atoms with Crippen LogP contribution in [0.15, 0.2) is 49.1 Å². The molecule has 2 N–H and O–H groups in total. The smallest absolute Gasteiger partial charge is 0.261 e. The number of rotatable bonds is 15. The van der Waals surface area contributed by atoms with Crippen molar-refractivity contribution in [1.82, 2.24) is 25.5 Å². The lowest BCUT2D eigenvalue weighted by atomic mass is 9.79. The van der Waals surface area contributed by atoms with E-state index in [-0.39, 0.29) is 36.7 Å². The van der Waals surface area contributed by atoms with E-state index in [1.165, 1.54) is 37.1 Å². The normalized spacial score (nSPS) is 18.8. The highest BCUT2D eigenvalue weighted by Crippen LogP contribution is 2.31. The van der Waals surface area contributed by atoms with Gasteiger partial charge in [0.25, 0.3) is 5.91 Å². The van der Waals surface area contributed by atoms with Crippen LogP contribution in [0.5, 0.6) is 0 Å². The molecule has 0 spiro atoms. The second-order valence-corrected chi connectivity index (χ2v) is 12.8. The number of hydrogen-bond acceptors (Lipinski definition) is 6. The first-order valence-corrected chi connectivity index (χ1v) is 16.6. The molecule has 10 nitrogen and oxygen atoms in total. The molecule has 3 amide bonds. The molecule has 1 unspecified atom stereocenters. The van der Waals surface area contributed by atoms with Gasteiger partial charge < -0.3 is 9.30 Å². The summed E-state index contributed by atoms with van der Waals surface area (Å²) >= 11 is 0. The first-order chi connectivity index (χ1) is 21.4. The molecular formula is C34H51N5O5. The molecule has 0 radical (unpaired) electrons. The van der Waals surface area contributed by atoms with Crippen LogP contribution in [-0.4, -0.2) is 45.2 Å². The predicted molar refractivity (Wildman–Crippen MR) is 167 cm³/mol. The fourth-order valence-electron chi connectivity index (χ4n) is 6.38. The maximum atomic E-state index is 14.1. The van der Waals surface area contributed by atoms with Crippen LogP contribution in [0.2, 0.25) is 0 Å². The molecule has 2 heterocycles. The number of imidazole rings is 1. The minimum absolute atomic E-state index is 0.0303. The van der Waals surface area contributed by atoms with Crippen LogP contribution in [0.3, 0.4) is 0 Å². The molecule has 1 aliphatic carbocycles. The molecule has 0 bridgehead atoms. The monoisotopic (exact) mass is 609 g/mol. The van der Waals surface area contributed by atoms with Gasteiger partial charge in [-0.3, -0.25) is 19.8 Å². The third kappa shape index (κ3) is 11.0. The number of amides is 3. The molecule has 1 saturated heterocycles. The van der Waals surface area contributed by atoms with Crippen molar-refractivity contribution < 1.29 is 24.0 Å². The van der Waals surface area contributed by atoms with E-state index in [0.29, 0.717) is 25.4 Å². The summed E-state index contributed by atoms with van der Waals surface area (Å²) in [6.45, 7) is 4.94. The van der Waals surface area contributed by atoms with Crippen molar-refractivity contribution in [2.24, 2.45) is 23.7 Å². The topological polar surface area (TPSA) is 115 Å². The predicted octanol–water partition coefficient (Wildman–Crippen LogP) is 5.55. The van der Waals surface area contributed by atoms with Gasteiger partial charge >= 0.3 is 0 Å². The van der Waals surface area contributed by atoms with Crippen molar-refractivity contribution in [3.05, 3.63) is 54.6 Å². The summed E-state index contributed by atoms with van der Waals surface area (Å²) in [7, 11) is 0. The SMILES string of the molecule is CC(C)C[C@@H](C(=O)NN(Cc1ccccc1)C(=O)Cn1ccnc1)[C@H](CCCC1CCCCC1)C(=O)NOC1CCCCO1. The minimum Gasteiger partial charge on any atom is -0.350 e. The molecule has 4 rings (SSSR count). The maximum absolute atomic E-state index is 14.1. The summed E-state index contributed by atoms with van der Waals surface area (Å²) in [4.78, 5) is 51.1. The summed E-state index contributed by atoms with van der Waals surface area (Å²) < 4.78 is 7.32. The molecule has 2 fully saturated rings. The van der Waals surface area contributed by atoms with Gasteiger partial charge in [0, 0.05) is 25.4 Å². The van der Waals surface area contributed by atoms with E-state index in [9.17, 15) is 14.4 Å². The molecule has 3 atom stereocenters. The second-order valence-electron chi connectivity index (χ2n) is 12.8. The van der Waals surface area contributed by atoms with Crippen LogP contribution < -0.4 is 10.9 Å². The van der Waals surface area contributed by atoms with Crippen LogP contribution in [0.25, 0.3) is 0 Å². The third-order valence-corrected chi connectivity index (χ3v) is 8.77. The number of nitrogens with zero attached hydrogens (tertiary/aromatic N) is 3. The van der Waals surface area contributed by atoms with Gasteiger partial charge in [0.15, 0.2) is 6.29 Å². The Balaban J connectivity index is 1.51. The second kappa shape index (κ2) is 17.9. The summed E-state index contributed by atoms with van der Waals surface area (Å²) in [5.74, 6) is -1.32. The molecule has 1 aromatic heterocycles. The number of hydrazine groups is 1. The molecule has 1 saturated carbocycles. The zero-order chi connectivity index (χ0) is 31.1. The Morgan fingerprint density at radius 1 is 1.02 bits per heavy atom. The highest BCUT2D eigenvalue weighted by molar-refractivity contribution is 5.88. The Bertz CT molecular complexity index is 1130. The van der Waals surface area contributed by atoms with Gasteiger partial charge in [0.2, 0.25) is 11.8 Å². The van der Waals surface area contributed by atoms with E-state index >= 15 is 0 Å². The largest absolute Gasteiger partial charge is 0.350 e. The molecule has 1 aromatic carbocycles. The number of aromatic nitrogens is 2. The summed E-state index contributed by atoms with van der Waals surface area (Å²) in [5, 5.41) is 1.37. The lowest BCUT2D eigenvalue weighted by Crippen LogP contribution is -2.51. The van der Waals surface area contributed by atoms with Gasteiger partial charge in [-0.15, -0.1) is 0 Å². The minimum atomic E-state index is -0.642. The van der Waals surface area contributed by atoms with E-state index in [1.54, 1.807) is 23.3 Å². The number of nitrogens with one attached hydrogen (secondary N) is 2. The quantitative estimate of drug-likeness (QED) is 0.256. The fraction of sp³-hybridized carbons (Fsp3) is 0.647. The number of hydrogen-bond donors (Lipinski definition) is 2. The first kappa shape index (κ1) is 33.6. The standard InChI is InChI=1S/C34H51N5O5/c1-26(2)22-30(33(41)36-39(23-28-14-7-4-8-15-28)31(40)24-38-20-19-35-25-38)29(17-11-16-27-12-5-3-6-13-27)34(42)37-44-32-18-9-10-21-43-32/h4,7-8,14-15,19-20,25-27,29-30,32H,3,5-6,9-13,16-18,21-24H2,1-2H3,(H,36,41)(H,37,42)/t29-,30+,32?/m0/s1. The summed E-state index contributed by atoms with van der Waals surface area (Å²) in [6.07, 6.45) is 16.4. The molecule has 2 aliphatic rings. The van der Waals surface area contributed by atoms with Crippen molar-refractivity contribution >= 4 is 17.7 Å². The average Bonchev–Trinajstić information content (AvgIpc) is 3.55. The fourth-order valence-corrected chi connectivity index (χ4v) is 6.38. The molecule has 242 valence electrons. The van der Waals surface area contributed by atoms with Gasteiger partial charge in [-0.2, -0.15) is 0 Å². The molecule has 10 heteroatoms. The van der Waals surface area contributed by atoms with Crippen LogP contribution in [0.1, 0.15) is 96.5 Å². The van der Waals surface area contributed by atoms with Gasteiger partial charge in [-0.25, -0.2) is 20.3 Å². The number of carbonyl (C=O) groups excluding carboxylic acids is 3. The number of benzene rings is 1. The van der Waals surface area contributed by atoms with E-state index < -0.39 is 18.1 Å². The molecule has 44 heavy (non-hydrogen) atoms. The highest BCUT2D eigenvalue weighted by Gasteiger charge is 2.36. The van der Waals surface area contributed by atoms with Crippen molar-refractivity contribution in [2.75, 3.05) is 6.61 Å². The zero-order valence-corrected chi connectivity index (χ0v) is 26.5. The van der Waals surface area contributed by atoms with E-state index in [2.05, 4.69) is 29.7 Å². The molecule has 1 aliphatic heterocycles. The Morgan fingerprint density at radius 3 is 2.48 bits per heavy atom. The first-order valence-electron chi connectivity index (χ1n) is 16.6. The Hall–Kier alpha value is -3.24. The maximum Gasteiger partial charge on any atom is 0.261 e. The van der Waals surface area contributed by atoms with Gasteiger partial charge in [0.1, 0.15) is 6.54 Å². The Kier molecular flexibility index (Phi) is 13.7. The van der Waals surface area contributed by atoms with Crippen molar-refractivity contribution in [2.45, 2.75) is 110 Å². The van der Waals surface area contributed by atoms with E-state index in [0.717, 1.165) is 37.7 Å². The molecule has 2 aromatic rings. The van der Waals surface area contributed by atoms with Crippen LogP contribution in [-0.2, 0) is 37.0 Å². The average molecular weight is 610 g/mol. The van der Waals surface area contributed by atoms with Gasteiger partial charge in [-0.1, -0.05) is 89.1 Å². The van der Waals surface area contributed by atoms with Crippen LogP contribution in [0.4, 0.5) is 0 Å². The van der Waals surface area contributed by atoms with Gasteiger partial charge in [-0.05, 0) is 43.1 Å². The summed E-state index contributed by atoms with van der Waals surface area (Å²) in [6, 6.07) is 9.55. The van der Waals surface area contributed by atoms with Crippen LogP contribution in [0, 0.1) is 23.7 Å². The van der Waals surface area contributed by atoms with E-state index in [4.69, 9.17) is 9.57 Å². The number of ether oxygens (including phenoxy) is 1. The lowest BCUT2D eigenvalue weighted by Gasteiger charge is -2.31. The Morgan fingerprint density at radius 2 is 1.80 bits per heavy atom. The Labute approximate surface area is 262 Å². The van der Waals surface area contributed by atoms with E-state index in [1.807, 2.05) is 30.3 Å². The van der Waals surface area contributed by atoms with Gasteiger partial charge in [0.05, 0.1) is 24.7 Å². The summed E-state index contributed by atoms with van der Waals surface area (Å²) in [5.41, 5.74) is 6.47. The zero-order valence-electron chi connectivity index (χ0n) is 26.5. The molecular weight excluding hydrogens is 558 g/mol. The highest BCUT2D eigenvalue weighted by atomic mass is 16.8. The lowest BCUT2D eigenvalue weighted by molar-refractivity contribution is -0.203. The van der Waals surface area contributed by atoms with Crippen molar-refractivity contribution in [1.29, 1.82) is 0 Å². The van der Waals surface area contributed by atoms with Crippen molar-refractivity contribution in [3.63, 3.8) is 0 Å². The van der Waals surface area contributed by atoms with Crippen molar-refractivity contribution in [3.8, 4) is 0 Å². The van der Waals surface area contributed by atoms with Crippen LogP contribution >= 0.6 is 0 Å².